The predicted octanol–water partition coefficient (Wildman–Crippen LogP) is 2.88. The summed E-state index contributed by atoms with van der Waals surface area (Å²) >= 11 is 12.0. The zero-order valence-corrected chi connectivity index (χ0v) is 14.1. The molecule has 0 N–H and O–H groups in total. The Hall–Kier alpha value is -1.37. The van der Waals surface area contributed by atoms with Crippen molar-refractivity contribution in [2.45, 2.75) is 29.5 Å². The van der Waals surface area contributed by atoms with E-state index < -0.39 is 20.9 Å². The van der Waals surface area contributed by atoms with Gasteiger partial charge in [0.15, 0.2) is 5.78 Å². The molecule has 0 aromatic heterocycles. The molecule has 0 saturated carbocycles. The molecule has 0 fully saturated rings. The Morgan fingerprint density at radius 3 is 2.23 bits per heavy atom. The summed E-state index contributed by atoms with van der Waals surface area (Å²) in [5.41, 5.74) is 0.986. The summed E-state index contributed by atoms with van der Waals surface area (Å²) in [7, 11) is -4.05. The van der Waals surface area contributed by atoms with Crippen LogP contribution in [0.5, 0.6) is 0 Å². The average molecular weight is 362 g/mol. The fraction of sp³-hybridized carbons (Fsp3) is 0.286. The maximum Gasteiger partial charge on any atom is 0.358 e. The van der Waals surface area contributed by atoms with Crippen molar-refractivity contribution in [3.8, 4) is 0 Å². The summed E-state index contributed by atoms with van der Waals surface area (Å²) in [6.45, 7) is 3.19. The Morgan fingerprint density at radius 2 is 1.64 bits per heavy atom. The maximum absolute atomic E-state index is 12.0. The van der Waals surface area contributed by atoms with Crippen molar-refractivity contribution in [2.24, 2.45) is 5.16 Å². The molecule has 1 aromatic rings. The van der Waals surface area contributed by atoms with Crippen LogP contribution in [0.1, 0.15) is 13.8 Å². The molecule has 2 unspecified atom stereocenters. The second kappa shape index (κ2) is 6.40. The van der Waals surface area contributed by atoms with Crippen molar-refractivity contribution in [3.05, 3.63) is 41.5 Å². The molecule has 2 atom stereocenters. The second-order valence-electron chi connectivity index (χ2n) is 4.74. The van der Waals surface area contributed by atoms with Crippen LogP contribution in [0.25, 0.3) is 0 Å². The Balaban J connectivity index is 2.36. The first-order valence-electron chi connectivity index (χ1n) is 6.32. The highest BCUT2D eigenvalue weighted by atomic mass is 35.5. The molecule has 22 heavy (non-hydrogen) atoms. The van der Waals surface area contributed by atoms with Gasteiger partial charge in [-0.3, -0.25) is 9.08 Å². The van der Waals surface area contributed by atoms with Crippen molar-refractivity contribution < 1.29 is 17.5 Å². The summed E-state index contributed by atoms with van der Waals surface area (Å²) in [6.07, 6.45) is 0. The first-order chi connectivity index (χ1) is 10.3. The highest BCUT2D eigenvalue weighted by molar-refractivity contribution is 7.86. The molecule has 0 amide bonds. The number of allylic oxidation sites excluding steroid dienone is 2. The lowest BCUT2D eigenvalue weighted by Crippen LogP contribution is -2.38. The van der Waals surface area contributed by atoms with Gasteiger partial charge in [-0.2, -0.15) is 8.42 Å². The Kier molecular flexibility index (Phi) is 4.94. The third-order valence-electron chi connectivity index (χ3n) is 3.35. The number of nitrogens with zero attached hydrogens (tertiary/aromatic N) is 1. The molecule has 0 radical (unpaired) electrons. The Bertz CT molecular complexity index is 756. The number of halogens is 2. The minimum atomic E-state index is -4.05. The van der Waals surface area contributed by atoms with Gasteiger partial charge in [-0.05, 0) is 37.1 Å². The number of hydrogen-bond donors (Lipinski definition) is 0. The topological polar surface area (TPSA) is 72.8 Å². The highest BCUT2D eigenvalue weighted by Gasteiger charge is 2.37. The van der Waals surface area contributed by atoms with Crippen molar-refractivity contribution in [3.63, 3.8) is 0 Å². The fourth-order valence-corrected chi connectivity index (χ4v) is 3.26. The summed E-state index contributed by atoms with van der Waals surface area (Å²) in [5, 5.41) is 1.67. The molecule has 0 saturated heterocycles. The van der Waals surface area contributed by atoms with E-state index in [1.54, 1.807) is 32.0 Å². The first kappa shape index (κ1) is 17.0. The fourth-order valence-electron chi connectivity index (χ4n) is 1.90. The molecule has 118 valence electrons. The number of hydrogen-bond acceptors (Lipinski definition) is 5. The molecule has 1 aromatic carbocycles. The zero-order chi connectivity index (χ0) is 16.5. The lowest BCUT2D eigenvalue weighted by Gasteiger charge is -2.24. The molecule has 8 heteroatoms. The second-order valence-corrected chi connectivity index (χ2v) is 7.21. The Labute approximate surface area is 138 Å². The molecule has 0 spiro atoms. The number of Topliss-reactive ketones (excluding diaryl/α,β-unsaturated/α-hetero) is 1. The monoisotopic (exact) mass is 361 g/mol. The van der Waals surface area contributed by atoms with Crippen LogP contribution in [0.3, 0.4) is 0 Å². The summed E-state index contributed by atoms with van der Waals surface area (Å²) in [4.78, 5) is 11.8. The van der Waals surface area contributed by atoms with Crippen LogP contribution in [0.4, 0.5) is 0 Å². The molecule has 1 aliphatic carbocycles. The molecule has 0 bridgehead atoms. The molecule has 2 rings (SSSR count). The van der Waals surface area contributed by atoms with Crippen LogP contribution in [0.2, 0.25) is 0 Å². The number of alkyl halides is 2. The van der Waals surface area contributed by atoms with Crippen molar-refractivity contribution >= 4 is 44.8 Å². The van der Waals surface area contributed by atoms with Gasteiger partial charge < -0.3 is 0 Å². The number of carbonyl (C=O) groups excluding carboxylic acids is 1. The van der Waals surface area contributed by atoms with Crippen LogP contribution >= 0.6 is 23.2 Å². The molecule has 5 nitrogen and oxygen atoms in total. The van der Waals surface area contributed by atoms with E-state index in [1.165, 1.54) is 12.1 Å². The highest BCUT2D eigenvalue weighted by Crippen LogP contribution is 2.28. The zero-order valence-electron chi connectivity index (χ0n) is 11.8. The number of rotatable bonds is 3. The predicted molar refractivity (Wildman–Crippen MR) is 84.8 cm³/mol. The van der Waals surface area contributed by atoms with E-state index in [0.717, 1.165) is 0 Å². The van der Waals surface area contributed by atoms with E-state index in [1.807, 2.05) is 0 Å². The largest absolute Gasteiger partial charge is 0.358 e. The Morgan fingerprint density at radius 1 is 1.05 bits per heavy atom. The van der Waals surface area contributed by atoms with E-state index in [4.69, 9.17) is 27.5 Å². The standard InChI is InChI=1S/C14H13Cl2NO4S/c1-8-9(2)14(18)12(16)11(15)13(8)17-21-22(19,20)10-6-4-3-5-7-10/h3-7,11-12H,1-2H3/b17-13-. The van der Waals surface area contributed by atoms with Gasteiger partial charge in [-0.15, -0.1) is 23.2 Å². The summed E-state index contributed by atoms with van der Waals surface area (Å²) < 4.78 is 28.8. The molecule has 1 aliphatic rings. The average Bonchev–Trinajstić information content (AvgIpc) is 2.52. The normalized spacial score (nSPS) is 24.7. The number of ketones is 1. The number of oxime groups is 1. The van der Waals surface area contributed by atoms with Crippen LogP contribution in [0, 0.1) is 0 Å². The van der Waals surface area contributed by atoms with Gasteiger partial charge in [-0.25, -0.2) is 0 Å². The number of carbonyl (C=O) groups is 1. The number of benzene rings is 1. The lowest BCUT2D eigenvalue weighted by molar-refractivity contribution is -0.115. The van der Waals surface area contributed by atoms with Crippen LogP contribution in [-0.4, -0.2) is 30.7 Å². The maximum atomic E-state index is 12.0. The smallest absolute Gasteiger partial charge is 0.293 e. The van der Waals surface area contributed by atoms with Gasteiger partial charge in [0.1, 0.15) is 21.4 Å². The van der Waals surface area contributed by atoms with E-state index in [9.17, 15) is 13.2 Å². The third-order valence-corrected chi connectivity index (χ3v) is 5.51. The minimum absolute atomic E-state index is 0.0295. The van der Waals surface area contributed by atoms with Crippen molar-refractivity contribution in [1.82, 2.24) is 0 Å². The van der Waals surface area contributed by atoms with Crippen LogP contribution in [-0.2, 0) is 19.2 Å². The lowest BCUT2D eigenvalue weighted by atomic mass is 9.90. The summed E-state index contributed by atoms with van der Waals surface area (Å²) in [5.74, 6) is -0.302. The van der Waals surface area contributed by atoms with Gasteiger partial charge in [0, 0.05) is 0 Å². The summed E-state index contributed by atoms with van der Waals surface area (Å²) in [6, 6.07) is 7.59. The van der Waals surface area contributed by atoms with Crippen molar-refractivity contribution in [2.75, 3.05) is 0 Å². The third kappa shape index (κ3) is 3.19. The molecular formula is C14H13Cl2NO4S. The first-order valence-corrected chi connectivity index (χ1v) is 8.60. The van der Waals surface area contributed by atoms with E-state index in [-0.39, 0.29) is 16.4 Å². The van der Waals surface area contributed by atoms with Crippen LogP contribution < -0.4 is 0 Å². The van der Waals surface area contributed by atoms with Gasteiger partial charge >= 0.3 is 10.1 Å². The van der Waals surface area contributed by atoms with E-state index >= 15 is 0 Å². The molecule has 0 heterocycles. The van der Waals surface area contributed by atoms with Gasteiger partial charge in [0.2, 0.25) is 0 Å². The van der Waals surface area contributed by atoms with Gasteiger partial charge in [0.25, 0.3) is 0 Å². The molecule has 0 aliphatic heterocycles. The van der Waals surface area contributed by atoms with E-state index in [2.05, 4.69) is 5.16 Å². The van der Waals surface area contributed by atoms with E-state index in [0.29, 0.717) is 11.1 Å². The van der Waals surface area contributed by atoms with Gasteiger partial charge in [-0.1, -0.05) is 23.4 Å². The van der Waals surface area contributed by atoms with Gasteiger partial charge in [0.05, 0.1) is 0 Å². The molecular weight excluding hydrogens is 349 g/mol. The van der Waals surface area contributed by atoms with Crippen LogP contribution in [0.15, 0.2) is 51.5 Å². The quantitative estimate of drug-likeness (QED) is 0.612. The SMILES string of the molecule is CC1=C(C)/C(=N/OS(=O)(=O)c2ccccc2)C(Cl)C(Cl)C1=O. The van der Waals surface area contributed by atoms with Crippen molar-refractivity contribution in [1.29, 1.82) is 0 Å². The minimum Gasteiger partial charge on any atom is -0.293 e.